The van der Waals surface area contributed by atoms with E-state index in [4.69, 9.17) is 5.73 Å². The summed E-state index contributed by atoms with van der Waals surface area (Å²) in [5.74, 6) is -0.185. The number of piperidine rings is 1. The van der Waals surface area contributed by atoms with E-state index in [1.54, 1.807) is 4.90 Å². The van der Waals surface area contributed by atoms with E-state index >= 15 is 0 Å². The zero-order chi connectivity index (χ0) is 16.0. The van der Waals surface area contributed by atoms with E-state index in [0.29, 0.717) is 13.0 Å². The smallest absolute Gasteiger partial charge is 0.240 e. The fraction of sp³-hybridized carbons (Fsp3) is 0.556. The number of fused-ring (bicyclic) bond motifs is 1. The van der Waals surface area contributed by atoms with Gasteiger partial charge in [-0.1, -0.05) is 24.3 Å². The Bertz CT molecular complexity index is 651. The molecule has 0 bridgehead atoms. The fourth-order valence-electron chi connectivity index (χ4n) is 4.38. The Balaban J connectivity index is 1.57. The van der Waals surface area contributed by atoms with Crippen molar-refractivity contribution >= 4 is 11.8 Å². The lowest BCUT2D eigenvalue weighted by Crippen LogP contribution is -2.52. The van der Waals surface area contributed by atoms with E-state index < -0.39 is 11.9 Å². The highest BCUT2D eigenvalue weighted by Gasteiger charge is 2.59. The second kappa shape index (κ2) is 5.34. The average Bonchev–Trinajstić information content (AvgIpc) is 3.26. The van der Waals surface area contributed by atoms with E-state index in [1.165, 1.54) is 0 Å². The van der Waals surface area contributed by atoms with Crippen molar-refractivity contribution in [2.45, 2.75) is 38.3 Å². The summed E-state index contributed by atoms with van der Waals surface area (Å²) in [6, 6.07) is 7.52. The van der Waals surface area contributed by atoms with Crippen LogP contribution in [0.3, 0.4) is 0 Å². The summed E-state index contributed by atoms with van der Waals surface area (Å²) in [5.41, 5.74) is 8.05. The molecule has 2 heterocycles. The number of hydrogen-bond acceptors (Lipinski definition) is 3. The van der Waals surface area contributed by atoms with Gasteiger partial charge in [-0.15, -0.1) is 0 Å². The van der Waals surface area contributed by atoms with Crippen molar-refractivity contribution in [3.8, 4) is 0 Å². The third-order valence-electron chi connectivity index (χ3n) is 5.95. The first kappa shape index (κ1) is 14.7. The highest BCUT2D eigenvalue weighted by Crippen LogP contribution is 2.59. The van der Waals surface area contributed by atoms with Gasteiger partial charge >= 0.3 is 0 Å². The molecule has 2 aliphatic heterocycles. The Labute approximate surface area is 136 Å². The molecule has 0 radical (unpaired) electrons. The second-order valence-corrected chi connectivity index (χ2v) is 7.23. The first-order chi connectivity index (χ1) is 11.1. The van der Waals surface area contributed by atoms with Crippen LogP contribution in [0.1, 0.15) is 30.4 Å². The predicted molar refractivity (Wildman–Crippen MR) is 86.3 cm³/mol. The van der Waals surface area contributed by atoms with Crippen molar-refractivity contribution in [3.05, 3.63) is 35.4 Å². The largest absolute Gasteiger partial charge is 0.368 e. The van der Waals surface area contributed by atoms with Gasteiger partial charge in [-0.2, -0.15) is 0 Å². The van der Waals surface area contributed by atoms with Crippen LogP contribution in [0.25, 0.3) is 0 Å². The van der Waals surface area contributed by atoms with Crippen molar-refractivity contribution < 1.29 is 9.59 Å². The summed E-state index contributed by atoms with van der Waals surface area (Å²) < 4.78 is 0. The van der Waals surface area contributed by atoms with Gasteiger partial charge in [0.25, 0.3) is 0 Å². The highest BCUT2D eigenvalue weighted by atomic mass is 16.2. The van der Waals surface area contributed by atoms with Crippen molar-refractivity contribution in [1.29, 1.82) is 0 Å². The van der Waals surface area contributed by atoms with Crippen LogP contribution in [-0.4, -0.2) is 35.8 Å². The maximum absolute atomic E-state index is 13.1. The molecule has 0 aromatic heterocycles. The van der Waals surface area contributed by atoms with Gasteiger partial charge < -0.3 is 16.0 Å². The molecule has 1 saturated carbocycles. The molecule has 3 N–H and O–H groups in total. The van der Waals surface area contributed by atoms with Crippen LogP contribution in [0.2, 0.25) is 0 Å². The van der Waals surface area contributed by atoms with Crippen LogP contribution in [0.5, 0.6) is 0 Å². The number of nitrogens with two attached hydrogens (primary N) is 1. The second-order valence-electron chi connectivity index (χ2n) is 7.23. The van der Waals surface area contributed by atoms with Crippen molar-refractivity contribution in [2.75, 3.05) is 13.1 Å². The molecule has 1 aliphatic carbocycles. The van der Waals surface area contributed by atoms with E-state index in [1.807, 2.05) is 24.3 Å². The van der Waals surface area contributed by atoms with Gasteiger partial charge in [0.15, 0.2) is 0 Å². The molecule has 2 amide bonds. The molecule has 122 valence electrons. The molecular weight excluding hydrogens is 290 g/mol. The van der Waals surface area contributed by atoms with Gasteiger partial charge in [0.1, 0.15) is 6.04 Å². The number of primary amides is 1. The molecule has 5 nitrogen and oxygen atoms in total. The van der Waals surface area contributed by atoms with Gasteiger partial charge in [0.2, 0.25) is 11.8 Å². The lowest BCUT2D eigenvalue weighted by atomic mass is 9.89. The summed E-state index contributed by atoms with van der Waals surface area (Å²) in [7, 11) is 0. The summed E-state index contributed by atoms with van der Waals surface area (Å²) >= 11 is 0. The quantitative estimate of drug-likeness (QED) is 0.848. The number of benzene rings is 1. The molecule has 4 rings (SSSR count). The Kier molecular flexibility index (Phi) is 3.41. The predicted octanol–water partition coefficient (Wildman–Crippen LogP) is 0.815. The maximum Gasteiger partial charge on any atom is 0.240 e. The summed E-state index contributed by atoms with van der Waals surface area (Å²) in [4.78, 5) is 26.7. The van der Waals surface area contributed by atoms with E-state index in [2.05, 4.69) is 5.32 Å². The van der Waals surface area contributed by atoms with Crippen LogP contribution in [0, 0.1) is 11.3 Å². The van der Waals surface area contributed by atoms with E-state index in [-0.39, 0.29) is 17.2 Å². The normalized spacial score (nSPS) is 28.3. The third-order valence-corrected chi connectivity index (χ3v) is 5.95. The average molecular weight is 313 g/mol. The number of nitrogens with one attached hydrogen (secondary N) is 1. The van der Waals surface area contributed by atoms with Gasteiger partial charge in [0, 0.05) is 18.9 Å². The number of rotatable bonds is 2. The lowest BCUT2D eigenvalue weighted by Gasteiger charge is -2.36. The van der Waals surface area contributed by atoms with Crippen LogP contribution in [0.4, 0.5) is 0 Å². The Hall–Kier alpha value is -1.88. The fourth-order valence-corrected chi connectivity index (χ4v) is 4.38. The minimum Gasteiger partial charge on any atom is -0.368 e. The van der Waals surface area contributed by atoms with Crippen molar-refractivity contribution in [2.24, 2.45) is 17.1 Å². The minimum atomic E-state index is -0.503. The first-order valence-electron chi connectivity index (χ1n) is 8.48. The van der Waals surface area contributed by atoms with E-state index in [0.717, 1.165) is 43.5 Å². The van der Waals surface area contributed by atoms with Crippen LogP contribution in [-0.2, 0) is 22.6 Å². The number of hydrogen-bond donors (Lipinski definition) is 2. The maximum atomic E-state index is 13.1. The molecule has 2 unspecified atom stereocenters. The van der Waals surface area contributed by atoms with Gasteiger partial charge in [-0.25, -0.2) is 0 Å². The van der Waals surface area contributed by atoms with Crippen LogP contribution < -0.4 is 11.1 Å². The molecule has 2 atom stereocenters. The Morgan fingerprint density at radius 2 is 1.87 bits per heavy atom. The monoisotopic (exact) mass is 313 g/mol. The zero-order valence-electron chi connectivity index (χ0n) is 13.3. The van der Waals surface area contributed by atoms with E-state index in [9.17, 15) is 9.59 Å². The molecule has 2 fully saturated rings. The van der Waals surface area contributed by atoms with Gasteiger partial charge in [-0.05, 0) is 48.9 Å². The molecule has 1 saturated heterocycles. The zero-order valence-corrected chi connectivity index (χ0v) is 13.3. The van der Waals surface area contributed by atoms with Crippen molar-refractivity contribution in [3.63, 3.8) is 0 Å². The number of carbonyl (C=O) groups is 2. The summed E-state index contributed by atoms with van der Waals surface area (Å²) in [5, 5.41) is 3.36. The summed E-state index contributed by atoms with van der Waals surface area (Å²) in [6.07, 6.45) is 3.64. The van der Waals surface area contributed by atoms with Gasteiger partial charge in [-0.3, -0.25) is 9.59 Å². The van der Waals surface area contributed by atoms with Gasteiger partial charge in [0.05, 0.1) is 0 Å². The highest BCUT2D eigenvalue weighted by molar-refractivity contribution is 5.90. The molecule has 1 aromatic carbocycles. The first-order valence-corrected chi connectivity index (χ1v) is 8.48. The number of amides is 2. The molecular formula is C18H23N3O2. The third kappa shape index (κ3) is 2.43. The standard InChI is InChI=1S/C18H23N3O2/c19-16(22)15-9-12-3-1-2-4-13(12)11-21(15)17(23)14-10-18(14)5-7-20-8-6-18/h1-4,14-15,20H,5-11H2,(H2,19,22). The van der Waals surface area contributed by atoms with Crippen LogP contribution >= 0.6 is 0 Å². The molecule has 23 heavy (non-hydrogen) atoms. The molecule has 1 aromatic rings. The Morgan fingerprint density at radius 1 is 1.17 bits per heavy atom. The molecule has 3 aliphatic rings. The van der Waals surface area contributed by atoms with Crippen LogP contribution in [0.15, 0.2) is 24.3 Å². The molecule has 1 spiro atoms. The number of carbonyl (C=O) groups excluding carboxylic acids is 2. The number of nitrogens with zero attached hydrogens (tertiary/aromatic N) is 1. The molecule has 5 heteroatoms. The van der Waals surface area contributed by atoms with Crippen molar-refractivity contribution in [1.82, 2.24) is 10.2 Å². The topological polar surface area (TPSA) is 75.4 Å². The minimum absolute atomic E-state index is 0.0803. The lowest BCUT2D eigenvalue weighted by molar-refractivity contribution is -0.142. The Morgan fingerprint density at radius 3 is 2.57 bits per heavy atom. The summed E-state index contributed by atoms with van der Waals surface area (Å²) in [6.45, 7) is 2.49. The SMILES string of the molecule is NC(=O)C1Cc2ccccc2CN1C(=O)C1CC12CCNCC2.